The minimum Gasteiger partial charge on any atom is -0.311 e. The Hall–Kier alpha value is -0.480. The Bertz CT molecular complexity index is 194. The predicted octanol–water partition coefficient (Wildman–Crippen LogP) is 3.49. The average Bonchev–Trinajstić information content (AvgIpc) is 2.45. The van der Waals surface area contributed by atoms with Crippen LogP contribution in [-0.2, 0) is 0 Å². The summed E-state index contributed by atoms with van der Waals surface area (Å²) in [7, 11) is 0. The van der Waals surface area contributed by atoms with Gasteiger partial charge in [0.2, 0.25) is 0 Å². The molecule has 0 aliphatic carbocycles. The number of hydrogen-bond donors (Lipinski definition) is 1. The van der Waals surface area contributed by atoms with Crippen molar-refractivity contribution in [1.29, 1.82) is 0 Å². The summed E-state index contributed by atoms with van der Waals surface area (Å²) in [6.45, 7) is 3.49. The van der Waals surface area contributed by atoms with Crippen LogP contribution in [0.3, 0.4) is 0 Å². The summed E-state index contributed by atoms with van der Waals surface area (Å²) < 4.78 is 0. The van der Waals surface area contributed by atoms with Crippen LogP contribution in [0.25, 0.3) is 0 Å². The van der Waals surface area contributed by atoms with Gasteiger partial charge in [-0.05, 0) is 38.6 Å². The van der Waals surface area contributed by atoms with E-state index in [1.54, 1.807) is 0 Å². The van der Waals surface area contributed by atoms with E-state index in [9.17, 15) is 0 Å². The fourth-order valence-corrected chi connectivity index (χ4v) is 2.77. The minimum absolute atomic E-state index is 0.419. The zero-order chi connectivity index (χ0) is 11.0. The van der Waals surface area contributed by atoms with Gasteiger partial charge < -0.3 is 5.32 Å². The van der Waals surface area contributed by atoms with Gasteiger partial charge in [-0.2, -0.15) is 0 Å². The third-order valence-electron chi connectivity index (χ3n) is 3.54. The second kappa shape index (κ2) is 6.90. The molecule has 0 radical (unpaired) electrons. The third-order valence-corrected chi connectivity index (χ3v) is 3.54. The maximum atomic E-state index is 5.32. The van der Waals surface area contributed by atoms with Gasteiger partial charge in [0.25, 0.3) is 0 Å². The van der Waals surface area contributed by atoms with Crippen LogP contribution in [0.4, 0.5) is 0 Å². The van der Waals surface area contributed by atoms with E-state index in [2.05, 4.69) is 18.2 Å². The van der Waals surface area contributed by atoms with Crippen LogP contribution in [0.15, 0.2) is 0 Å². The van der Waals surface area contributed by atoms with Crippen LogP contribution >= 0.6 is 0 Å². The maximum Gasteiger partial charge on any atom is 0.0181 e. The quantitative estimate of drug-likeness (QED) is 0.537. The van der Waals surface area contributed by atoms with Crippen LogP contribution in [0, 0.1) is 12.3 Å². The van der Waals surface area contributed by atoms with Crippen molar-refractivity contribution in [1.82, 2.24) is 5.32 Å². The van der Waals surface area contributed by atoms with Crippen LogP contribution in [0.2, 0.25) is 0 Å². The van der Waals surface area contributed by atoms with Crippen molar-refractivity contribution in [3.05, 3.63) is 0 Å². The van der Waals surface area contributed by atoms with E-state index < -0.39 is 0 Å². The summed E-state index contributed by atoms with van der Waals surface area (Å²) in [6.07, 6.45) is 16.8. The molecule has 1 heteroatoms. The molecule has 1 rings (SSSR count). The molecule has 1 heterocycles. The van der Waals surface area contributed by atoms with Gasteiger partial charge in [0.05, 0.1) is 0 Å². The molecule has 0 spiro atoms. The lowest BCUT2D eigenvalue weighted by Gasteiger charge is -2.34. The lowest BCUT2D eigenvalue weighted by atomic mass is 9.84. The van der Waals surface area contributed by atoms with Gasteiger partial charge in [0.15, 0.2) is 0 Å². The summed E-state index contributed by atoms with van der Waals surface area (Å²) in [5, 5.41) is 3.79. The SMILES string of the molecule is C#CCCCC1(CCC)CCCCCN1. The van der Waals surface area contributed by atoms with Gasteiger partial charge in [-0.15, -0.1) is 12.3 Å². The molecular formula is C14H25N. The molecule has 0 aromatic carbocycles. The summed E-state index contributed by atoms with van der Waals surface area (Å²) in [5.41, 5.74) is 0.419. The molecule has 0 saturated carbocycles. The van der Waals surface area contributed by atoms with Crippen molar-refractivity contribution in [3.8, 4) is 12.3 Å². The molecule has 1 fully saturated rings. The Morgan fingerprint density at radius 3 is 2.87 bits per heavy atom. The number of unbranched alkanes of at least 4 members (excludes halogenated alkanes) is 1. The smallest absolute Gasteiger partial charge is 0.0181 e. The van der Waals surface area contributed by atoms with E-state index in [1.807, 2.05) is 0 Å². The summed E-state index contributed by atoms with van der Waals surface area (Å²) in [5.74, 6) is 2.75. The molecule has 15 heavy (non-hydrogen) atoms. The Kier molecular flexibility index (Phi) is 5.79. The van der Waals surface area contributed by atoms with Crippen molar-refractivity contribution in [2.24, 2.45) is 0 Å². The molecule has 0 amide bonds. The summed E-state index contributed by atoms with van der Waals surface area (Å²) >= 11 is 0. The number of hydrogen-bond acceptors (Lipinski definition) is 1. The Labute approximate surface area is 95.0 Å². The van der Waals surface area contributed by atoms with E-state index >= 15 is 0 Å². The van der Waals surface area contributed by atoms with Crippen molar-refractivity contribution in [2.45, 2.75) is 70.3 Å². The van der Waals surface area contributed by atoms with Crippen LogP contribution in [0.1, 0.15) is 64.7 Å². The molecule has 1 aliphatic rings. The minimum atomic E-state index is 0.419. The zero-order valence-electron chi connectivity index (χ0n) is 10.1. The predicted molar refractivity (Wildman–Crippen MR) is 66.8 cm³/mol. The molecule has 1 N–H and O–H groups in total. The average molecular weight is 207 g/mol. The molecule has 86 valence electrons. The van der Waals surface area contributed by atoms with Gasteiger partial charge in [0, 0.05) is 12.0 Å². The molecular weight excluding hydrogens is 182 g/mol. The van der Waals surface area contributed by atoms with Gasteiger partial charge in [0.1, 0.15) is 0 Å². The van der Waals surface area contributed by atoms with Crippen molar-refractivity contribution >= 4 is 0 Å². The maximum absolute atomic E-state index is 5.32. The first-order valence-electron chi connectivity index (χ1n) is 6.51. The second-order valence-corrected chi connectivity index (χ2v) is 4.83. The fraction of sp³-hybridized carbons (Fsp3) is 0.857. The molecule has 0 aromatic rings. The molecule has 1 aliphatic heterocycles. The van der Waals surface area contributed by atoms with Gasteiger partial charge in [-0.3, -0.25) is 0 Å². The van der Waals surface area contributed by atoms with E-state index in [4.69, 9.17) is 6.42 Å². The highest BCUT2D eigenvalue weighted by Gasteiger charge is 2.28. The van der Waals surface area contributed by atoms with Gasteiger partial charge in [-0.1, -0.05) is 26.2 Å². The monoisotopic (exact) mass is 207 g/mol. The number of nitrogens with one attached hydrogen (secondary N) is 1. The first-order valence-corrected chi connectivity index (χ1v) is 6.51. The van der Waals surface area contributed by atoms with E-state index in [-0.39, 0.29) is 0 Å². The Balaban J connectivity index is 2.47. The lowest BCUT2D eigenvalue weighted by molar-refractivity contribution is 0.265. The molecule has 1 saturated heterocycles. The highest BCUT2D eigenvalue weighted by molar-refractivity contribution is 4.91. The second-order valence-electron chi connectivity index (χ2n) is 4.83. The number of terminal acetylenes is 1. The highest BCUT2D eigenvalue weighted by atomic mass is 15.0. The van der Waals surface area contributed by atoms with Crippen molar-refractivity contribution < 1.29 is 0 Å². The highest BCUT2D eigenvalue weighted by Crippen LogP contribution is 2.29. The molecule has 1 unspecified atom stereocenters. The van der Waals surface area contributed by atoms with Gasteiger partial charge >= 0.3 is 0 Å². The lowest BCUT2D eigenvalue weighted by Crippen LogP contribution is -2.44. The van der Waals surface area contributed by atoms with Crippen LogP contribution in [0.5, 0.6) is 0 Å². The van der Waals surface area contributed by atoms with Crippen LogP contribution in [-0.4, -0.2) is 12.1 Å². The zero-order valence-corrected chi connectivity index (χ0v) is 10.1. The first kappa shape index (κ1) is 12.6. The van der Waals surface area contributed by atoms with E-state index in [0.717, 1.165) is 6.42 Å². The fourth-order valence-electron chi connectivity index (χ4n) is 2.77. The largest absolute Gasteiger partial charge is 0.311 e. The molecule has 1 nitrogen and oxygen atoms in total. The van der Waals surface area contributed by atoms with E-state index in [1.165, 1.54) is 57.9 Å². The molecule has 0 bridgehead atoms. The topological polar surface area (TPSA) is 12.0 Å². The molecule has 1 atom stereocenters. The molecule has 0 aromatic heterocycles. The number of rotatable bonds is 5. The van der Waals surface area contributed by atoms with Gasteiger partial charge in [-0.25, -0.2) is 0 Å². The standard InChI is InChI=1S/C14H25N/c1-3-5-7-11-14(10-4-2)12-8-6-9-13-15-14/h1,15H,4-13H2,2H3. The Morgan fingerprint density at radius 2 is 2.13 bits per heavy atom. The first-order chi connectivity index (χ1) is 7.33. The van der Waals surface area contributed by atoms with Crippen molar-refractivity contribution in [3.63, 3.8) is 0 Å². The van der Waals surface area contributed by atoms with Crippen molar-refractivity contribution in [2.75, 3.05) is 6.54 Å². The third kappa shape index (κ3) is 4.26. The van der Waals surface area contributed by atoms with Crippen LogP contribution < -0.4 is 5.32 Å². The van der Waals surface area contributed by atoms with E-state index in [0.29, 0.717) is 5.54 Å². The summed E-state index contributed by atoms with van der Waals surface area (Å²) in [6, 6.07) is 0. The normalized spacial score (nSPS) is 26.9. The summed E-state index contributed by atoms with van der Waals surface area (Å²) in [4.78, 5) is 0. The Morgan fingerprint density at radius 1 is 1.27 bits per heavy atom.